The van der Waals surface area contributed by atoms with Crippen LogP contribution in [0.1, 0.15) is 24.2 Å². The van der Waals surface area contributed by atoms with Crippen molar-refractivity contribution >= 4 is 60.1 Å². The minimum absolute atomic E-state index is 0.158. The van der Waals surface area contributed by atoms with E-state index in [0.717, 1.165) is 40.1 Å². The Kier molecular flexibility index (Phi) is 7.51. The number of benzene rings is 2. The van der Waals surface area contributed by atoms with E-state index >= 15 is 0 Å². The lowest BCUT2D eigenvalue weighted by atomic mass is 10.2. The van der Waals surface area contributed by atoms with Crippen molar-refractivity contribution < 1.29 is 9.53 Å². The van der Waals surface area contributed by atoms with Crippen molar-refractivity contribution in [2.75, 3.05) is 38.2 Å². The number of likely N-dealkylation sites (N-methyl/N-ethyl adjacent to an activating group) is 1. The Hall–Kier alpha value is -1.67. The van der Waals surface area contributed by atoms with E-state index in [9.17, 15) is 4.79 Å². The minimum atomic E-state index is -0.158. The number of aromatic nitrogens is 1. The second-order valence-corrected chi connectivity index (χ2v) is 8.77. The standard InChI is InChI=1S/C21H23BrClN3O2S/c1-4-25(5-2)10-11-26(20(27)16-12-14(22)6-8-17(16)23)21-24-18-9-7-15(28-3)13-19(18)29-21/h6-9,12-13H,4-5,10-11H2,1-3H3. The number of ether oxygens (including phenoxy) is 1. The van der Waals surface area contributed by atoms with Gasteiger partial charge in [-0.05, 0) is 49.5 Å². The van der Waals surface area contributed by atoms with E-state index in [4.69, 9.17) is 21.3 Å². The molecule has 1 aromatic heterocycles. The van der Waals surface area contributed by atoms with Crippen LogP contribution in [0.15, 0.2) is 40.9 Å². The largest absolute Gasteiger partial charge is 0.497 e. The van der Waals surface area contributed by atoms with Crippen LogP contribution in [0.2, 0.25) is 5.02 Å². The molecule has 2 aromatic carbocycles. The molecule has 0 aliphatic heterocycles. The van der Waals surface area contributed by atoms with Crippen LogP contribution in [-0.2, 0) is 0 Å². The zero-order valence-electron chi connectivity index (χ0n) is 16.6. The number of anilines is 1. The van der Waals surface area contributed by atoms with Gasteiger partial charge in [0.2, 0.25) is 0 Å². The highest BCUT2D eigenvalue weighted by Crippen LogP contribution is 2.33. The van der Waals surface area contributed by atoms with E-state index in [2.05, 4.69) is 34.7 Å². The van der Waals surface area contributed by atoms with Crippen LogP contribution < -0.4 is 9.64 Å². The monoisotopic (exact) mass is 495 g/mol. The molecule has 0 fully saturated rings. The number of halogens is 2. The molecule has 0 N–H and O–H groups in total. The van der Waals surface area contributed by atoms with Crippen LogP contribution in [0.25, 0.3) is 10.2 Å². The number of fused-ring (bicyclic) bond motifs is 1. The van der Waals surface area contributed by atoms with Crippen molar-refractivity contribution in [2.45, 2.75) is 13.8 Å². The SMILES string of the molecule is CCN(CC)CCN(C(=O)c1cc(Br)ccc1Cl)c1nc2ccc(OC)cc2s1. The van der Waals surface area contributed by atoms with Crippen molar-refractivity contribution in [2.24, 2.45) is 0 Å². The lowest BCUT2D eigenvalue weighted by Crippen LogP contribution is -2.39. The van der Waals surface area contributed by atoms with E-state index in [1.54, 1.807) is 24.1 Å². The Bertz CT molecular complexity index is 1010. The number of carbonyl (C=O) groups excluding carboxylic acids is 1. The number of rotatable bonds is 8. The number of thiazole rings is 1. The minimum Gasteiger partial charge on any atom is -0.497 e. The molecular weight excluding hydrogens is 474 g/mol. The quantitative estimate of drug-likeness (QED) is 0.401. The van der Waals surface area contributed by atoms with Crippen molar-refractivity contribution in [3.05, 3.63) is 51.5 Å². The lowest BCUT2D eigenvalue weighted by Gasteiger charge is -2.25. The van der Waals surface area contributed by atoms with Crippen LogP contribution >= 0.6 is 38.9 Å². The summed E-state index contributed by atoms with van der Waals surface area (Å²) < 4.78 is 7.10. The second-order valence-electron chi connectivity index (χ2n) is 6.44. The van der Waals surface area contributed by atoms with Crippen LogP contribution in [0, 0.1) is 0 Å². The highest BCUT2D eigenvalue weighted by Gasteiger charge is 2.24. The summed E-state index contributed by atoms with van der Waals surface area (Å²) in [6, 6.07) is 11.0. The molecule has 0 aliphatic rings. The van der Waals surface area contributed by atoms with Gasteiger partial charge in [-0.2, -0.15) is 0 Å². The van der Waals surface area contributed by atoms with Crippen molar-refractivity contribution in [3.8, 4) is 5.75 Å². The van der Waals surface area contributed by atoms with Gasteiger partial charge < -0.3 is 9.64 Å². The third kappa shape index (κ3) is 5.09. The number of hydrogen-bond donors (Lipinski definition) is 0. The first-order valence-corrected chi connectivity index (χ1v) is 11.4. The average Bonchev–Trinajstić information content (AvgIpc) is 3.15. The van der Waals surface area contributed by atoms with Crippen LogP contribution in [0.5, 0.6) is 5.75 Å². The fourth-order valence-corrected chi connectivity index (χ4v) is 4.59. The first-order valence-electron chi connectivity index (χ1n) is 9.40. The fourth-order valence-electron chi connectivity index (χ4n) is 3.01. The first kappa shape index (κ1) is 22.0. The number of hydrogen-bond acceptors (Lipinski definition) is 5. The molecule has 1 heterocycles. The summed E-state index contributed by atoms with van der Waals surface area (Å²) in [6.45, 7) is 7.36. The maximum absolute atomic E-state index is 13.5. The van der Waals surface area contributed by atoms with Gasteiger partial charge in [0.05, 0.1) is 27.9 Å². The van der Waals surface area contributed by atoms with Gasteiger partial charge in [-0.25, -0.2) is 4.98 Å². The predicted octanol–water partition coefficient (Wildman–Crippen LogP) is 5.71. The smallest absolute Gasteiger partial charge is 0.261 e. The van der Waals surface area contributed by atoms with E-state index in [1.165, 1.54) is 11.3 Å². The number of carbonyl (C=O) groups is 1. The fraction of sp³-hybridized carbons (Fsp3) is 0.333. The Balaban J connectivity index is 2.00. The van der Waals surface area contributed by atoms with Crippen molar-refractivity contribution in [1.29, 1.82) is 0 Å². The highest BCUT2D eigenvalue weighted by atomic mass is 79.9. The van der Waals surface area contributed by atoms with Gasteiger partial charge in [-0.1, -0.05) is 52.7 Å². The third-order valence-corrected chi connectivity index (χ3v) is 6.62. The van der Waals surface area contributed by atoms with Gasteiger partial charge in [0, 0.05) is 17.6 Å². The maximum Gasteiger partial charge on any atom is 0.261 e. The molecule has 3 aromatic rings. The summed E-state index contributed by atoms with van der Waals surface area (Å²) in [7, 11) is 1.64. The Morgan fingerprint density at radius 3 is 2.62 bits per heavy atom. The molecule has 8 heteroatoms. The molecule has 0 atom stereocenters. The third-order valence-electron chi connectivity index (χ3n) is 4.75. The molecule has 3 rings (SSSR count). The molecule has 0 radical (unpaired) electrons. The molecule has 0 saturated carbocycles. The molecule has 0 spiro atoms. The van der Waals surface area contributed by atoms with Gasteiger partial charge in [0.15, 0.2) is 5.13 Å². The van der Waals surface area contributed by atoms with Gasteiger partial charge in [-0.15, -0.1) is 0 Å². The molecule has 0 unspecified atom stereocenters. The summed E-state index contributed by atoms with van der Waals surface area (Å²) in [5.41, 5.74) is 1.30. The lowest BCUT2D eigenvalue weighted by molar-refractivity contribution is 0.0984. The van der Waals surface area contributed by atoms with Gasteiger partial charge in [0.1, 0.15) is 5.75 Å². The molecule has 154 valence electrons. The van der Waals surface area contributed by atoms with Gasteiger partial charge >= 0.3 is 0 Å². The van der Waals surface area contributed by atoms with Gasteiger partial charge in [-0.3, -0.25) is 9.69 Å². The topological polar surface area (TPSA) is 45.7 Å². The Morgan fingerprint density at radius 1 is 1.17 bits per heavy atom. The highest BCUT2D eigenvalue weighted by molar-refractivity contribution is 9.10. The predicted molar refractivity (Wildman–Crippen MR) is 125 cm³/mol. The molecule has 29 heavy (non-hydrogen) atoms. The zero-order valence-corrected chi connectivity index (χ0v) is 19.8. The van der Waals surface area contributed by atoms with Crippen LogP contribution in [-0.4, -0.2) is 49.1 Å². The normalized spacial score (nSPS) is 11.2. The van der Waals surface area contributed by atoms with Gasteiger partial charge in [0.25, 0.3) is 5.91 Å². The Labute approximate surface area is 188 Å². The average molecular weight is 497 g/mol. The van der Waals surface area contributed by atoms with Crippen molar-refractivity contribution in [1.82, 2.24) is 9.88 Å². The number of amides is 1. The maximum atomic E-state index is 13.5. The van der Waals surface area contributed by atoms with Crippen LogP contribution in [0.4, 0.5) is 5.13 Å². The zero-order chi connectivity index (χ0) is 21.0. The van der Waals surface area contributed by atoms with E-state index in [-0.39, 0.29) is 5.91 Å². The Morgan fingerprint density at radius 2 is 1.93 bits per heavy atom. The molecular formula is C21H23BrClN3O2S. The summed E-state index contributed by atoms with van der Waals surface area (Å²) in [4.78, 5) is 22.2. The summed E-state index contributed by atoms with van der Waals surface area (Å²) in [5.74, 6) is 0.609. The molecule has 0 aliphatic carbocycles. The molecule has 1 amide bonds. The molecule has 0 saturated heterocycles. The molecule has 5 nitrogen and oxygen atoms in total. The van der Waals surface area contributed by atoms with Crippen LogP contribution in [0.3, 0.4) is 0 Å². The summed E-state index contributed by atoms with van der Waals surface area (Å²) >= 11 is 11.3. The van der Waals surface area contributed by atoms with E-state index < -0.39 is 0 Å². The van der Waals surface area contributed by atoms with E-state index in [0.29, 0.717) is 22.3 Å². The van der Waals surface area contributed by atoms with Crippen molar-refractivity contribution in [3.63, 3.8) is 0 Å². The summed E-state index contributed by atoms with van der Waals surface area (Å²) in [6.07, 6.45) is 0. The number of methoxy groups -OCH3 is 1. The second kappa shape index (κ2) is 9.89. The first-order chi connectivity index (χ1) is 14.0. The van der Waals surface area contributed by atoms with E-state index in [1.807, 2.05) is 24.3 Å². The number of nitrogens with zero attached hydrogens (tertiary/aromatic N) is 3. The summed E-state index contributed by atoms with van der Waals surface area (Å²) in [5, 5.41) is 1.08. The molecule has 0 bridgehead atoms.